The Bertz CT molecular complexity index is 768. The van der Waals surface area contributed by atoms with E-state index >= 15 is 0 Å². The van der Waals surface area contributed by atoms with Crippen LogP contribution in [0, 0.1) is 34.0 Å². The van der Waals surface area contributed by atoms with Crippen LogP contribution in [0.15, 0.2) is 11.3 Å². The Morgan fingerprint density at radius 3 is 2.26 bits per heavy atom. The molecule has 0 heterocycles. The van der Waals surface area contributed by atoms with Gasteiger partial charge in [-0.3, -0.25) is 14.4 Å². The van der Waals surface area contributed by atoms with Gasteiger partial charge in [0.05, 0.1) is 16.4 Å². The third kappa shape index (κ3) is 2.24. The molecule has 2 N–H and O–H groups in total. The van der Waals surface area contributed by atoms with Gasteiger partial charge >= 0.3 is 0 Å². The van der Waals surface area contributed by atoms with Crippen LogP contribution >= 0.6 is 0 Å². The lowest BCUT2D eigenvalue weighted by atomic mass is 9.64. The van der Waals surface area contributed by atoms with E-state index in [-0.39, 0.29) is 41.2 Å². The fraction of sp³-hybridized carbons (Fsp3) is 0.773. The maximum Gasteiger partial charge on any atom is 0.183 e. The lowest BCUT2D eigenvalue weighted by molar-refractivity contribution is -0.143. The van der Waals surface area contributed by atoms with E-state index < -0.39 is 33.5 Å². The monoisotopic (exact) mass is 376 g/mol. The van der Waals surface area contributed by atoms with Crippen LogP contribution in [0.2, 0.25) is 0 Å². The Balaban J connectivity index is 2.27. The molecule has 5 atom stereocenters. The summed E-state index contributed by atoms with van der Waals surface area (Å²) >= 11 is 0. The number of hydrogen-bond acceptors (Lipinski definition) is 5. The minimum absolute atomic E-state index is 0.166. The van der Waals surface area contributed by atoms with Crippen molar-refractivity contribution in [1.82, 2.24) is 0 Å². The lowest BCUT2D eigenvalue weighted by Gasteiger charge is -2.40. The second-order valence-electron chi connectivity index (χ2n) is 10.3. The number of carbonyl (C=O) groups excluding carboxylic acids is 3. The lowest BCUT2D eigenvalue weighted by Crippen LogP contribution is -2.49. The zero-order valence-electron chi connectivity index (χ0n) is 17.5. The first-order chi connectivity index (χ1) is 12.2. The molecule has 5 nitrogen and oxygen atoms in total. The predicted molar refractivity (Wildman–Crippen MR) is 101 cm³/mol. The first kappa shape index (κ1) is 20.2. The SMILES string of the molecule is CCC(C)C(=O)C1=C(O)C23C[C@H](C(C)(C)O)C(C)(C)[C@@H]2C[C@@](C)(C1=O)C3=O. The van der Waals surface area contributed by atoms with Gasteiger partial charge in [0.1, 0.15) is 11.3 Å². The molecule has 1 spiro atoms. The van der Waals surface area contributed by atoms with E-state index in [1.807, 2.05) is 20.8 Å². The quantitative estimate of drug-likeness (QED) is 0.580. The number of hydrogen-bond donors (Lipinski definition) is 2. The Morgan fingerprint density at radius 2 is 1.78 bits per heavy atom. The molecule has 0 radical (unpaired) electrons. The van der Waals surface area contributed by atoms with Crippen LogP contribution in [0.4, 0.5) is 0 Å². The van der Waals surface area contributed by atoms with E-state index in [9.17, 15) is 24.6 Å². The second kappa shape index (κ2) is 5.53. The van der Waals surface area contributed by atoms with Gasteiger partial charge in [-0.15, -0.1) is 0 Å². The van der Waals surface area contributed by atoms with Crippen LogP contribution < -0.4 is 0 Å². The van der Waals surface area contributed by atoms with Gasteiger partial charge in [0, 0.05) is 5.92 Å². The third-order valence-electron chi connectivity index (χ3n) is 7.98. The first-order valence-corrected chi connectivity index (χ1v) is 9.97. The van der Waals surface area contributed by atoms with E-state index in [2.05, 4.69) is 0 Å². The summed E-state index contributed by atoms with van der Waals surface area (Å²) in [6.07, 6.45) is 1.13. The molecule has 2 saturated carbocycles. The Morgan fingerprint density at radius 1 is 1.22 bits per heavy atom. The first-order valence-electron chi connectivity index (χ1n) is 9.97. The summed E-state index contributed by atoms with van der Waals surface area (Å²) in [5.41, 5.74) is -4.18. The van der Waals surface area contributed by atoms with Gasteiger partial charge in [-0.25, -0.2) is 0 Å². The predicted octanol–water partition coefficient (Wildman–Crippen LogP) is 3.40. The second-order valence-corrected chi connectivity index (χ2v) is 10.3. The highest BCUT2D eigenvalue weighted by Crippen LogP contribution is 2.73. The summed E-state index contributed by atoms with van der Waals surface area (Å²) in [7, 11) is 0. The molecular formula is C22H32O5. The molecule has 150 valence electrons. The van der Waals surface area contributed by atoms with Gasteiger partial charge < -0.3 is 10.2 Å². The van der Waals surface area contributed by atoms with Crippen molar-refractivity contribution in [3.8, 4) is 0 Å². The molecule has 27 heavy (non-hydrogen) atoms. The fourth-order valence-electron chi connectivity index (χ4n) is 6.28. The van der Waals surface area contributed by atoms with E-state index in [1.165, 1.54) is 0 Å². The molecule has 0 aromatic rings. The van der Waals surface area contributed by atoms with E-state index in [1.54, 1.807) is 27.7 Å². The van der Waals surface area contributed by atoms with Gasteiger partial charge in [0.2, 0.25) is 0 Å². The van der Waals surface area contributed by atoms with Crippen molar-refractivity contribution in [2.24, 2.45) is 34.0 Å². The van der Waals surface area contributed by atoms with Gasteiger partial charge in [0.15, 0.2) is 17.3 Å². The topological polar surface area (TPSA) is 91.7 Å². The van der Waals surface area contributed by atoms with Crippen molar-refractivity contribution in [3.05, 3.63) is 11.3 Å². The molecule has 2 fully saturated rings. The largest absolute Gasteiger partial charge is 0.510 e. The smallest absolute Gasteiger partial charge is 0.183 e. The molecule has 5 heteroatoms. The van der Waals surface area contributed by atoms with Crippen LogP contribution in [-0.4, -0.2) is 33.2 Å². The maximum absolute atomic E-state index is 13.5. The molecule has 3 aliphatic rings. The summed E-state index contributed by atoms with van der Waals surface area (Å²) in [6.45, 7) is 12.7. The molecule has 0 aromatic carbocycles. The molecule has 0 saturated heterocycles. The standard InChI is InChI=1S/C22H32O5/c1-8-11(2)15(23)14-16(24)21(7)9-13-19(3,4)12(20(5,6)27)10-22(13,17(14)25)18(21)26/h11-13,25,27H,8-10H2,1-7H3/t11?,12-,13-,21-,22?/m0/s1. The van der Waals surface area contributed by atoms with Crippen molar-refractivity contribution in [2.45, 2.75) is 73.3 Å². The van der Waals surface area contributed by atoms with Crippen LogP contribution in [0.5, 0.6) is 0 Å². The molecule has 2 unspecified atom stereocenters. The molecule has 3 rings (SSSR count). The number of carbonyl (C=O) groups is 3. The maximum atomic E-state index is 13.5. The molecule has 3 aliphatic carbocycles. The molecule has 0 amide bonds. The molecule has 2 bridgehead atoms. The minimum atomic E-state index is -1.27. The van der Waals surface area contributed by atoms with Gasteiger partial charge in [0.25, 0.3) is 0 Å². The normalized spacial score (nSPS) is 39.0. The summed E-state index contributed by atoms with van der Waals surface area (Å²) < 4.78 is 0. The Labute approximate surface area is 161 Å². The number of fused-ring (bicyclic) bond motifs is 1. The number of aliphatic hydroxyl groups excluding tert-OH is 1. The van der Waals surface area contributed by atoms with Crippen molar-refractivity contribution >= 4 is 17.3 Å². The fourth-order valence-corrected chi connectivity index (χ4v) is 6.28. The highest BCUT2D eigenvalue weighted by molar-refractivity contribution is 6.32. The van der Waals surface area contributed by atoms with Crippen LogP contribution in [0.25, 0.3) is 0 Å². The van der Waals surface area contributed by atoms with Crippen molar-refractivity contribution in [3.63, 3.8) is 0 Å². The van der Waals surface area contributed by atoms with E-state index in [4.69, 9.17) is 0 Å². The van der Waals surface area contributed by atoms with Crippen molar-refractivity contribution in [1.29, 1.82) is 0 Å². The zero-order chi connectivity index (χ0) is 20.7. The number of Topliss-reactive ketones (excluding diaryl/α,β-unsaturated/α-hetero) is 3. The number of rotatable bonds is 4. The van der Waals surface area contributed by atoms with E-state index in [0.717, 1.165) is 0 Å². The third-order valence-corrected chi connectivity index (χ3v) is 7.98. The minimum Gasteiger partial charge on any atom is -0.510 e. The van der Waals surface area contributed by atoms with Gasteiger partial charge in [-0.1, -0.05) is 27.7 Å². The Hall–Kier alpha value is -1.49. The zero-order valence-corrected chi connectivity index (χ0v) is 17.5. The number of ketones is 3. The molecule has 0 aliphatic heterocycles. The van der Waals surface area contributed by atoms with Crippen LogP contribution in [-0.2, 0) is 14.4 Å². The average molecular weight is 376 g/mol. The van der Waals surface area contributed by atoms with Gasteiger partial charge in [-0.05, 0) is 57.3 Å². The highest BCUT2D eigenvalue weighted by atomic mass is 16.3. The summed E-state index contributed by atoms with van der Waals surface area (Å²) in [6, 6.07) is 0. The molecule has 0 aromatic heterocycles. The van der Waals surface area contributed by atoms with Crippen LogP contribution in [0.1, 0.15) is 67.7 Å². The highest BCUT2D eigenvalue weighted by Gasteiger charge is 2.77. The van der Waals surface area contributed by atoms with Crippen molar-refractivity contribution in [2.75, 3.05) is 0 Å². The van der Waals surface area contributed by atoms with Gasteiger partial charge in [-0.2, -0.15) is 0 Å². The average Bonchev–Trinajstić information content (AvgIpc) is 2.91. The summed E-state index contributed by atoms with van der Waals surface area (Å²) in [5, 5.41) is 22.0. The van der Waals surface area contributed by atoms with Crippen molar-refractivity contribution < 1.29 is 24.6 Å². The molecular weight excluding hydrogens is 344 g/mol. The Kier molecular flexibility index (Phi) is 4.14. The summed E-state index contributed by atoms with van der Waals surface area (Å²) in [5.74, 6) is -2.42. The summed E-state index contributed by atoms with van der Waals surface area (Å²) in [4.78, 5) is 39.6. The number of aliphatic hydroxyl groups is 2. The van der Waals surface area contributed by atoms with Crippen LogP contribution in [0.3, 0.4) is 0 Å². The number of allylic oxidation sites excluding steroid dienone is 2. The van der Waals surface area contributed by atoms with E-state index in [0.29, 0.717) is 12.8 Å².